The lowest BCUT2D eigenvalue weighted by molar-refractivity contribution is -0.228. The maximum atomic E-state index is 13.1. The van der Waals surface area contributed by atoms with Gasteiger partial charge in [0.1, 0.15) is 22.4 Å². The van der Waals surface area contributed by atoms with E-state index in [1.807, 2.05) is 11.0 Å². The fourth-order valence-electron chi connectivity index (χ4n) is 5.41. The van der Waals surface area contributed by atoms with Crippen molar-refractivity contribution in [3.63, 3.8) is 0 Å². The second-order valence-corrected chi connectivity index (χ2v) is 11.1. The first-order valence-electron chi connectivity index (χ1n) is 13.0. The first kappa shape index (κ1) is 27.0. The van der Waals surface area contributed by atoms with Gasteiger partial charge in [-0.3, -0.25) is 4.79 Å². The molecule has 3 aromatic heterocycles. The molecule has 1 unspecified atom stereocenters. The van der Waals surface area contributed by atoms with Crippen molar-refractivity contribution < 1.29 is 27.1 Å². The van der Waals surface area contributed by atoms with Crippen molar-refractivity contribution in [1.82, 2.24) is 15.0 Å². The number of rotatable bonds is 2. The molecule has 1 atom stereocenters. The van der Waals surface area contributed by atoms with E-state index in [2.05, 4.69) is 42.7 Å². The molecule has 0 saturated carbocycles. The van der Waals surface area contributed by atoms with Crippen LogP contribution in [0.1, 0.15) is 25.6 Å². The zero-order chi connectivity index (χ0) is 28.1. The number of pyridine rings is 1. The summed E-state index contributed by atoms with van der Waals surface area (Å²) in [5.74, 6) is -0.875. The Kier molecular flexibility index (Phi) is 6.99. The number of alkyl halides is 3. The summed E-state index contributed by atoms with van der Waals surface area (Å²) in [6.07, 6.45) is -1.06. The number of aromatic nitrogens is 3. The smallest absolute Gasteiger partial charge is 0.450 e. The molecule has 3 aliphatic rings. The first-order chi connectivity index (χ1) is 19.2. The van der Waals surface area contributed by atoms with Gasteiger partial charge in [0.25, 0.3) is 5.56 Å². The molecule has 0 amide bonds. The molecular formula is C27H27BrF3N5O4. The number of hydrogen-bond acceptors (Lipinski definition) is 8. The molecule has 13 heteroatoms. The van der Waals surface area contributed by atoms with Crippen LogP contribution in [0.2, 0.25) is 0 Å². The molecule has 1 aromatic carbocycles. The molecule has 40 heavy (non-hydrogen) atoms. The van der Waals surface area contributed by atoms with Gasteiger partial charge in [-0.2, -0.15) is 13.2 Å². The first-order valence-corrected chi connectivity index (χ1v) is 13.8. The normalized spacial score (nSPS) is 20.6. The highest BCUT2D eigenvalue weighted by molar-refractivity contribution is 9.10. The van der Waals surface area contributed by atoms with Crippen molar-refractivity contribution in [3.8, 4) is 0 Å². The van der Waals surface area contributed by atoms with Gasteiger partial charge in [0.2, 0.25) is 5.82 Å². The van der Waals surface area contributed by atoms with Gasteiger partial charge >= 0.3 is 6.18 Å². The predicted octanol–water partition coefficient (Wildman–Crippen LogP) is 5.13. The van der Waals surface area contributed by atoms with Crippen LogP contribution in [0, 0.1) is 0 Å². The highest BCUT2D eigenvalue weighted by Crippen LogP contribution is 2.37. The summed E-state index contributed by atoms with van der Waals surface area (Å²) >= 11 is 3.39. The van der Waals surface area contributed by atoms with Crippen LogP contribution in [0.15, 0.2) is 50.2 Å². The van der Waals surface area contributed by atoms with Gasteiger partial charge in [-0.15, -0.1) is 0 Å². The molecule has 0 aliphatic carbocycles. The number of aromatic amines is 1. The number of hydrogen-bond donors (Lipinski definition) is 1. The molecule has 0 radical (unpaired) electrons. The maximum absolute atomic E-state index is 13.1. The van der Waals surface area contributed by atoms with Crippen molar-refractivity contribution in [2.24, 2.45) is 0 Å². The Morgan fingerprint density at radius 3 is 2.58 bits per heavy atom. The van der Waals surface area contributed by atoms with E-state index in [9.17, 15) is 18.0 Å². The van der Waals surface area contributed by atoms with E-state index in [1.54, 1.807) is 30.5 Å². The molecule has 9 nitrogen and oxygen atoms in total. The van der Waals surface area contributed by atoms with Crippen molar-refractivity contribution in [2.45, 2.75) is 37.6 Å². The van der Waals surface area contributed by atoms with Crippen molar-refractivity contribution in [3.05, 3.63) is 57.2 Å². The number of H-pyrrole nitrogens is 1. The SMILES string of the molecule is CC1N(c2cc(Br)c[nH]c2=O)CCOC12COC2.FC(F)(F)c1nc(N2CCCC2)c2oc3ccccc3c2n1. The molecule has 4 aromatic rings. The molecule has 1 N–H and O–H groups in total. The average molecular weight is 622 g/mol. The van der Waals surface area contributed by atoms with Gasteiger partial charge in [-0.1, -0.05) is 12.1 Å². The lowest BCUT2D eigenvalue weighted by Gasteiger charge is -2.53. The van der Waals surface area contributed by atoms with Crippen molar-refractivity contribution in [2.75, 3.05) is 49.3 Å². The summed E-state index contributed by atoms with van der Waals surface area (Å²) in [4.78, 5) is 26.1. The summed E-state index contributed by atoms with van der Waals surface area (Å²) < 4.78 is 57.1. The van der Waals surface area contributed by atoms with Crippen molar-refractivity contribution in [1.29, 1.82) is 0 Å². The lowest BCUT2D eigenvalue weighted by atomic mass is 9.90. The molecule has 3 aliphatic heterocycles. The van der Waals surface area contributed by atoms with E-state index >= 15 is 0 Å². The van der Waals surface area contributed by atoms with E-state index in [4.69, 9.17) is 13.9 Å². The monoisotopic (exact) mass is 621 g/mol. The van der Waals surface area contributed by atoms with Gasteiger partial charge in [0.05, 0.1) is 25.9 Å². The Morgan fingerprint density at radius 1 is 1.12 bits per heavy atom. The number of morpholine rings is 1. The van der Waals surface area contributed by atoms with Crippen LogP contribution in [-0.2, 0) is 15.7 Å². The van der Waals surface area contributed by atoms with E-state index < -0.39 is 12.0 Å². The lowest BCUT2D eigenvalue weighted by Crippen LogP contribution is -2.68. The molecule has 0 bridgehead atoms. The van der Waals surface area contributed by atoms with Crippen LogP contribution in [0.3, 0.4) is 0 Å². The van der Waals surface area contributed by atoms with E-state index in [0.29, 0.717) is 55.1 Å². The van der Waals surface area contributed by atoms with Gasteiger partial charge < -0.3 is 28.7 Å². The van der Waals surface area contributed by atoms with Crippen LogP contribution in [0.5, 0.6) is 0 Å². The van der Waals surface area contributed by atoms with Crippen LogP contribution in [0.25, 0.3) is 22.1 Å². The molecular weight excluding hydrogens is 595 g/mol. The fraction of sp³-hybridized carbons (Fsp3) is 0.444. The highest BCUT2D eigenvalue weighted by Gasteiger charge is 2.50. The molecule has 7 rings (SSSR count). The molecule has 212 valence electrons. The van der Waals surface area contributed by atoms with Crippen LogP contribution < -0.4 is 15.4 Å². The quantitative estimate of drug-likeness (QED) is 0.329. The Hall–Kier alpha value is -3.16. The maximum Gasteiger partial charge on any atom is 0.451 e. The molecule has 3 saturated heterocycles. The minimum absolute atomic E-state index is 0.0673. The number of anilines is 2. The van der Waals surface area contributed by atoms with Crippen LogP contribution in [-0.4, -0.2) is 66.0 Å². The molecule has 1 spiro atoms. The van der Waals surface area contributed by atoms with Gasteiger partial charge in [-0.05, 0) is 53.9 Å². The van der Waals surface area contributed by atoms with E-state index in [1.165, 1.54) is 0 Å². The van der Waals surface area contributed by atoms with E-state index in [-0.39, 0.29) is 28.5 Å². The number of nitrogens with one attached hydrogen (secondary N) is 1. The number of halogens is 4. The third-order valence-electron chi connectivity index (χ3n) is 7.66. The van der Waals surface area contributed by atoms with Crippen LogP contribution in [0.4, 0.5) is 24.7 Å². The summed E-state index contributed by atoms with van der Waals surface area (Å²) in [7, 11) is 0. The van der Waals surface area contributed by atoms with Gasteiger partial charge in [0, 0.05) is 35.7 Å². The Morgan fingerprint density at radius 2 is 1.88 bits per heavy atom. The largest absolute Gasteiger partial charge is 0.451 e. The number of fused-ring (bicyclic) bond motifs is 3. The van der Waals surface area contributed by atoms with E-state index in [0.717, 1.165) is 23.9 Å². The minimum atomic E-state index is -4.58. The zero-order valence-corrected chi connectivity index (χ0v) is 23.2. The minimum Gasteiger partial charge on any atom is -0.450 e. The Labute approximate surface area is 235 Å². The summed E-state index contributed by atoms with van der Waals surface area (Å²) in [6.45, 7) is 6.01. The third kappa shape index (κ3) is 4.83. The topological polar surface area (TPSA) is 96.7 Å². The van der Waals surface area contributed by atoms with Crippen LogP contribution >= 0.6 is 15.9 Å². The van der Waals surface area contributed by atoms with Crippen molar-refractivity contribution >= 4 is 49.5 Å². The van der Waals surface area contributed by atoms with Gasteiger partial charge in [-0.25, -0.2) is 9.97 Å². The number of nitrogens with zero attached hydrogens (tertiary/aromatic N) is 4. The number of para-hydroxylation sites is 1. The Bertz CT molecular complexity index is 1600. The Balaban J connectivity index is 0.000000148. The number of ether oxygens (including phenoxy) is 2. The van der Waals surface area contributed by atoms with Gasteiger partial charge in [0.15, 0.2) is 11.4 Å². The highest BCUT2D eigenvalue weighted by atomic mass is 79.9. The molecule has 6 heterocycles. The third-order valence-corrected chi connectivity index (χ3v) is 8.12. The molecule has 3 fully saturated rings. The predicted molar refractivity (Wildman–Crippen MR) is 147 cm³/mol. The summed E-state index contributed by atoms with van der Waals surface area (Å²) in [6, 6.07) is 8.95. The summed E-state index contributed by atoms with van der Waals surface area (Å²) in [5.41, 5.74) is 1.45. The number of furan rings is 1. The zero-order valence-electron chi connectivity index (χ0n) is 21.6. The number of benzene rings is 1. The second-order valence-electron chi connectivity index (χ2n) is 10.1. The standard InChI is InChI=1S/C15H12F3N3O.C12H15BrN2O3/c16-15(17,18)14-19-11-9-5-1-2-6-10(9)22-12(11)13(20-14)21-7-3-4-8-21;1-8-12(6-17-7-12)18-3-2-15(8)10-4-9(13)5-14-11(10)16/h1-2,5-6H,3-4,7-8H2;4-5,8H,2-3,6-7H2,1H3,(H,14,16). The summed E-state index contributed by atoms with van der Waals surface area (Å²) in [5, 5.41) is 0.575. The second kappa shape index (κ2) is 10.3. The fourth-order valence-corrected chi connectivity index (χ4v) is 5.74. The average Bonchev–Trinajstić information content (AvgIpc) is 3.57.